The van der Waals surface area contributed by atoms with E-state index in [0.717, 1.165) is 11.8 Å². The summed E-state index contributed by atoms with van der Waals surface area (Å²) in [6.45, 7) is 3.51. The molecule has 0 aromatic carbocycles. The highest BCUT2D eigenvalue weighted by Gasteiger charge is 2.29. The van der Waals surface area contributed by atoms with Crippen LogP contribution < -0.4 is 5.32 Å². The normalized spacial score (nSPS) is 40.3. The smallest absolute Gasteiger partial charge is 0.0278 e. The number of piperidine rings is 1. The number of fused-ring (bicyclic) bond motifs is 2. The lowest BCUT2D eigenvalue weighted by Crippen LogP contribution is -2.46. The van der Waals surface area contributed by atoms with Crippen molar-refractivity contribution in [3.63, 3.8) is 0 Å². The fourth-order valence-electron chi connectivity index (χ4n) is 2.14. The van der Waals surface area contributed by atoms with Crippen LogP contribution in [0.5, 0.6) is 0 Å². The van der Waals surface area contributed by atoms with E-state index in [1.165, 1.54) is 19.4 Å². The fourth-order valence-corrected chi connectivity index (χ4v) is 2.14. The van der Waals surface area contributed by atoms with Gasteiger partial charge in [-0.05, 0) is 18.3 Å². The van der Waals surface area contributed by atoms with Crippen molar-refractivity contribution in [2.45, 2.75) is 25.8 Å². The van der Waals surface area contributed by atoms with Crippen molar-refractivity contribution in [3.05, 3.63) is 12.2 Å². The summed E-state index contributed by atoms with van der Waals surface area (Å²) >= 11 is 0. The van der Waals surface area contributed by atoms with Gasteiger partial charge in [-0.15, -0.1) is 24.0 Å². The number of nitrogens with one attached hydrogen (secondary N) is 1. The SMILES string of the molecule is CCC1C[C@@H]2C=C[C@H]1NC2.I. The monoisotopic (exact) mass is 265 g/mol. The fraction of sp³-hybridized carbons (Fsp3) is 0.778. The van der Waals surface area contributed by atoms with Gasteiger partial charge in [-0.2, -0.15) is 0 Å². The minimum absolute atomic E-state index is 0. The van der Waals surface area contributed by atoms with E-state index in [1.54, 1.807) is 0 Å². The van der Waals surface area contributed by atoms with E-state index < -0.39 is 0 Å². The van der Waals surface area contributed by atoms with Crippen LogP contribution in [0.3, 0.4) is 0 Å². The van der Waals surface area contributed by atoms with Crippen molar-refractivity contribution in [1.82, 2.24) is 5.32 Å². The quantitative estimate of drug-likeness (QED) is 0.566. The lowest BCUT2D eigenvalue weighted by molar-refractivity contribution is 0.250. The molecular formula is C9H16IN. The Morgan fingerprint density at radius 1 is 1.45 bits per heavy atom. The van der Waals surface area contributed by atoms with E-state index in [9.17, 15) is 0 Å². The van der Waals surface area contributed by atoms with Crippen LogP contribution in [0.2, 0.25) is 0 Å². The average molecular weight is 265 g/mol. The predicted octanol–water partition coefficient (Wildman–Crippen LogP) is 2.18. The summed E-state index contributed by atoms with van der Waals surface area (Å²) in [5.41, 5.74) is 0. The lowest BCUT2D eigenvalue weighted by atomic mass is 9.78. The van der Waals surface area contributed by atoms with Gasteiger partial charge in [0.05, 0.1) is 0 Å². The molecule has 0 saturated carbocycles. The van der Waals surface area contributed by atoms with E-state index in [0.29, 0.717) is 6.04 Å². The zero-order chi connectivity index (χ0) is 6.97. The molecule has 3 rings (SSSR count). The summed E-state index contributed by atoms with van der Waals surface area (Å²) in [6.07, 6.45) is 7.49. The summed E-state index contributed by atoms with van der Waals surface area (Å²) in [6, 6.07) is 0.704. The van der Waals surface area contributed by atoms with Gasteiger partial charge in [0, 0.05) is 12.6 Å². The van der Waals surface area contributed by atoms with E-state index in [-0.39, 0.29) is 24.0 Å². The molecule has 1 nitrogen and oxygen atoms in total. The molecule has 0 spiro atoms. The minimum Gasteiger partial charge on any atom is -0.310 e. The summed E-state index contributed by atoms with van der Waals surface area (Å²) in [5.74, 6) is 1.76. The molecule has 0 aromatic heterocycles. The summed E-state index contributed by atoms with van der Waals surface area (Å²) in [5, 5.41) is 3.53. The van der Waals surface area contributed by atoms with Crippen LogP contribution in [-0.4, -0.2) is 12.6 Å². The maximum atomic E-state index is 3.53. The topological polar surface area (TPSA) is 12.0 Å². The van der Waals surface area contributed by atoms with E-state index >= 15 is 0 Å². The molecule has 2 heterocycles. The Balaban J connectivity index is 0.000000605. The molecule has 3 atom stereocenters. The van der Waals surface area contributed by atoms with Gasteiger partial charge in [-0.1, -0.05) is 25.5 Å². The van der Waals surface area contributed by atoms with Crippen molar-refractivity contribution in [2.75, 3.05) is 6.54 Å². The van der Waals surface area contributed by atoms with Gasteiger partial charge in [-0.3, -0.25) is 0 Å². The van der Waals surface area contributed by atoms with Gasteiger partial charge in [-0.25, -0.2) is 0 Å². The largest absolute Gasteiger partial charge is 0.310 e. The maximum Gasteiger partial charge on any atom is 0.0278 e. The molecule has 2 bridgehead atoms. The first kappa shape index (κ1) is 9.52. The molecule has 1 N–H and O–H groups in total. The lowest BCUT2D eigenvalue weighted by Gasteiger charge is -2.38. The first-order valence-corrected chi connectivity index (χ1v) is 4.32. The van der Waals surface area contributed by atoms with Crippen molar-refractivity contribution >= 4 is 24.0 Å². The maximum absolute atomic E-state index is 3.53. The number of hydrogen-bond acceptors (Lipinski definition) is 1. The Kier molecular flexibility index (Phi) is 3.37. The Morgan fingerprint density at radius 2 is 2.27 bits per heavy atom. The molecule has 2 aliphatic heterocycles. The molecule has 1 unspecified atom stereocenters. The molecule has 2 heteroatoms. The zero-order valence-electron chi connectivity index (χ0n) is 6.92. The van der Waals surface area contributed by atoms with E-state index in [4.69, 9.17) is 0 Å². The van der Waals surface area contributed by atoms with Gasteiger partial charge in [0.25, 0.3) is 0 Å². The second-order valence-corrected chi connectivity index (χ2v) is 3.48. The van der Waals surface area contributed by atoms with Crippen LogP contribution in [0, 0.1) is 11.8 Å². The predicted molar refractivity (Wildman–Crippen MR) is 58.2 cm³/mol. The highest BCUT2D eigenvalue weighted by Crippen LogP contribution is 2.29. The Labute approximate surface area is 85.7 Å². The molecule has 0 aromatic rings. The summed E-state index contributed by atoms with van der Waals surface area (Å²) in [4.78, 5) is 0. The molecule has 1 saturated heterocycles. The van der Waals surface area contributed by atoms with Crippen LogP contribution in [0.1, 0.15) is 19.8 Å². The van der Waals surface area contributed by atoms with Crippen LogP contribution in [0.4, 0.5) is 0 Å². The second kappa shape index (κ2) is 3.90. The number of rotatable bonds is 1. The third kappa shape index (κ3) is 1.78. The van der Waals surface area contributed by atoms with E-state index in [2.05, 4.69) is 24.4 Å². The summed E-state index contributed by atoms with van der Waals surface area (Å²) in [7, 11) is 0. The molecule has 0 radical (unpaired) electrons. The van der Waals surface area contributed by atoms with Gasteiger partial charge >= 0.3 is 0 Å². The number of hydrogen-bond donors (Lipinski definition) is 1. The summed E-state index contributed by atoms with van der Waals surface area (Å²) < 4.78 is 0. The molecule has 1 fully saturated rings. The zero-order valence-corrected chi connectivity index (χ0v) is 9.25. The number of halogens is 1. The second-order valence-electron chi connectivity index (χ2n) is 3.48. The molecule has 0 amide bonds. The van der Waals surface area contributed by atoms with Crippen LogP contribution in [-0.2, 0) is 0 Å². The van der Waals surface area contributed by atoms with Gasteiger partial charge in [0.1, 0.15) is 0 Å². The van der Waals surface area contributed by atoms with Crippen molar-refractivity contribution in [1.29, 1.82) is 0 Å². The standard InChI is InChI=1S/C9H15N.HI/c1-2-8-5-7-3-4-9(8)10-6-7;/h3-4,7-10H,2,5-6H2,1H3;1H/t7-,8?,9+;/m0./s1. The van der Waals surface area contributed by atoms with Crippen molar-refractivity contribution in [3.8, 4) is 0 Å². The molecular weight excluding hydrogens is 249 g/mol. The van der Waals surface area contributed by atoms with Gasteiger partial charge in [0.15, 0.2) is 0 Å². The molecule has 1 aliphatic carbocycles. The van der Waals surface area contributed by atoms with Crippen LogP contribution in [0.25, 0.3) is 0 Å². The van der Waals surface area contributed by atoms with Gasteiger partial charge < -0.3 is 5.32 Å². The highest BCUT2D eigenvalue weighted by molar-refractivity contribution is 14.0. The third-order valence-electron chi connectivity index (χ3n) is 2.84. The highest BCUT2D eigenvalue weighted by atomic mass is 127. The third-order valence-corrected chi connectivity index (χ3v) is 2.84. The van der Waals surface area contributed by atoms with Gasteiger partial charge in [0.2, 0.25) is 0 Å². The van der Waals surface area contributed by atoms with Crippen LogP contribution in [0.15, 0.2) is 12.2 Å². The van der Waals surface area contributed by atoms with E-state index in [1.807, 2.05) is 0 Å². The average Bonchev–Trinajstić information content (AvgIpc) is 2.06. The molecule has 11 heavy (non-hydrogen) atoms. The first-order valence-electron chi connectivity index (χ1n) is 4.32. The minimum atomic E-state index is 0. The Bertz CT molecular complexity index is 156. The molecule has 64 valence electrons. The Morgan fingerprint density at radius 3 is 2.55 bits per heavy atom. The van der Waals surface area contributed by atoms with Crippen LogP contribution >= 0.6 is 24.0 Å². The molecule has 3 aliphatic rings. The van der Waals surface area contributed by atoms with Crippen molar-refractivity contribution in [2.24, 2.45) is 11.8 Å². The Hall–Kier alpha value is 0.430. The van der Waals surface area contributed by atoms with Crippen molar-refractivity contribution < 1.29 is 0 Å². The first-order chi connectivity index (χ1) is 4.90.